The third kappa shape index (κ3) is 7.63. The predicted octanol–water partition coefficient (Wildman–Crippen LogP) is 15.9. The molecule has 2 unspecified atom stereocenters. The number of hydrogen-bond acceptors (Lipinski definition) is 0. The SMILES string of the molecule is CCC1=Cc2c(-c3cc(C(F)(F)F)cc(C(F)(F)F)c3)cccc2[CH]1[Zr]([Cl])([Cl])([CH]1C(C)=Cc2c(-c3cc(C(F)(F)F)cc(C(F)(F)F)c3)cccc21)[SiH](CC)CC. The topological polar surface area (TPSA) is 0 Å². The van der Waals surface area contributed by atoms with Gasteiger partial charge >= 0.3 is 332 Å². The Morgan fingerprint density at radius 3 is 1.26 bits per heavy atom. The summed E-state index contributed by atoms with van der Waals surface area (Å²) in [6, 6.07) is 13.5. The van der Waals surface area contributed by atoms with Gasteiger partial charge in [-0.05, 0) is 0 Å². The molecule has 57 heavy (non-hydrogen) atoms. The molecule has 0 bridgehead atoms. The van der Waals surface area contributed by atoms with Gasteiger partial charge in [-0.3, -0.25) is 0 Å². The van der Waals surface area contributed by atoms with Crippen LogP contribution in [0.1, 0.15) is 85.9 Å². The summed E-state index contributed by atoms with van der Waals surface area (Å²) >= 11 is -5.71. The molecule has 0 amide bonds. The molecule has 0 aliphatic heterocycles. The van der Waals surface area contributed by atoms with Gasteiger partial charge in [0.25, 0.3) is 0 Å². The van der Waals surface area contributed by atoms with Crippen molar-refractivity contribution in [2.45, 2.75) is 78.2 Å². The molecule has 0 spiro atoms. The number of rotatable bonds is 8. The van der Waals surface area contributed by atoms with Gasteiger partial charge < -0.3 is 0 Å². The fourth-order valence-electron chi connectivity index (χ4n) is 9.14. The Labute approximate surface area is 330 Å². The Morgan fingerprint density at radius 1 is 0.544 bits per heavy atom. The van der Waals surface area contributed by atoms with E-state index < -0.39 is 75.7 Å². The van der Waals surface area contributed by atoms with E-state index in [0.29, 0.717) is 70.6 Å². The second kappa shape index (κ2) is 14.7. The van der Waals surface area contributed by atoms with E-state index in [4.69, 9.17) is 17.0 Å². The van der Waals surface area contributed by atoms with Crippen molar-refractivity contribution in [3.8, 4) is 22.3 Å². The van der Waals surface area contributed by atoms with E-state index >= 15 is 0 Å². The quantitative estimate of drug-likeness (QED) is 0.122. The summed E-state index contributed by atoms with van der Waals surface area (Å²) in [6.45, 7) is 7.56. The molecule has 0 aromatic heterocycles. The van der Waals surface area contributed by atoms with E-state index in [1.165, 1.54) is 12.1 Å². The van der Waals surface area contributed by atoms with Gasteiger partial charge in [0.15, 0.2) is 0 Å². The first kappa shape index (κ1) is 43.8. The molecule has 16 heteroatoms. The Hall–Kier alpha value is -2.80. The molecule has 0 saturated heterocycles. The monoisotopic (exact) mass is 943 g/mol. The Balaban J connectivity index is 1.60. The Bertz CT molecular complexity index is 2230. The molecule has 0 fully saturated rings. The van der Waals surface area contributed by atoms with Crippen LogP contribution in [0.15, 0.2) is 83.9 Å². The van der Waals surface area contributed by atoms with Gasteiger partial charge in [-0.25, -0.2) is 0 Å². The maximum absolute atomic E-state index is 14.0. The van der Waals surface area contributed by atoms with Gasteiger partial charge in [0, 0.05) is 0 Å². The van der Waals surface area contributed by atoms with Crippen molar-refractivity contribution >= 4 is 35.1 Å². The van der Waals surface area contributed by atoms with Crippen molar-refractivity contribution < 1.29 is 68.2 Å². The van der Waals surface area contributed by atoms with E-state index in [1.807, 2.05) is 20.8 Å². The maximum atomic E-state index is 14.0. The molecule has 0 radical (unpaired) electrons. The fourth-order valence-corrected chi connectivity index (χ4v) is 62.8. The second-order valence-corrected chi connectivity index (χ2v) is 55.5. The van der Waals surface area contributed by atoms with Crippen LogP contribution in [0.4, 0.5) is 52.7 Å². The summed E-state index contributed by atoms with van der Waals surface area (Å²) < 4.78 is 166. The van der Waals surface area contributed by atoms with Crippen molar-refractivity contribution in [2.75, 3.05) is 0 Å². The van der Waals surface area contributed by atoms with Gasteiger partial charge in [0.1, 0.15) is 0 Å². The van der Waals surface area contributed by atoms with Crippen molar-refractivity contribution in [1.82, 2.24) is 0 Å². The van der Waals surface area contributed by atoms with Gasteiger partial charge in [-0.2, -0.15) is 0 Å². The minimum absolute atomic E-state index is 0.0664. The number of hydrogen-bond donors (Lipinski definition) is 0. The molecule has 0 saturated carbocycles. The first-order valence-electron chi connectivity index (χ1n) is 18.1. The normalized spacial score (nSPS) is 18.3. The van der Waals surface area contributed by atoms with Crippen molar-refractivity contribution in [3.05, 3.63) is 128 Å². The third-order valence-corrected chi connectivity index (χ3v) is 61.6. The van der Waals surface area contributed by atoms with Crippen LogP contribution in [0.25, 0.3) is 34.4 Å². The number of benzene rings is 4. The van der Waals surface area contributed by atoms with Gasteiger partial charge in [0.05, 0.1) is 0 Å². The van der Waals surface area contributed by atoms with Crippen LogP contribution in [0, 0.1) is 0 Å². The van der Waals surface area contributed by atoms with Crippen molar-refractivity contribution in [3.63, 3.8) is 0 Å². The van der Waals surface area contributed by atoms with Crippen LogP contribution >= 0.6 is 17.0 Å². The van der Waals surface area contributed by atoms with Crippen molar-refractivity contribution in [1.29, 1.82) is 0 Å². The zero-order valence-electron chi connectivity index (χ0n) is 30.7. The Morgan fingerprint density at radius 2 is 0.912 bits per heavy atom. The number of alkyl halides is 12. The van der Waals surface area contributed by atoms with E-state index in [2.05, 4.69) is 0 Å². The fraction of sp³-hybridized carbons (Fsp3) is 0.317. The van der Waals surface area contributed by atoms with Crippen molar-refractivity contribution in [2.24, 2.45) is 0 Å². The summed E-state index contributed by atoms with van der Waals surface area (Å²) in [4.78, 5) is 0. The zero-order chi connectivity index (χ0) is 42.3. The molecule has 305 valence electrons. The molecule has 6 rings (SSSR count). The van der Waals surface area contributed by atoms with Crippen LogP contribution in [0.5, 0.6) is 0 Å². The van der Waals surface area contributed by atoms with Crippen LogP contribution in [-0.2, 0) is 40.3 Å². The molecular formula is C41H35Cl2F12SiZr. The van der Waals surface area contributed by atoms with E-state index in [0.717, 1.165) is 5.57 Å². The molecule has 0 nitrogen and oxygen atoms in total. The number of allylic oxidation sites excluding steroid dienone is 2. The molecule has 4 aromatic rings. The summed E-state index contributed by atoms with van der Waals surface area (Å²) in [7, 11) is 16.8. The first-order chi connectivity index (χ1) is 26.2. The van der Waals surface area contributed by atoms with E-state index in [-0.39, 0.29) is 34.4 Å². The van der Waals surface area contributed by atoms with E-state index in [9.17, 15) is 52.7 Å². The Kier molecular flexibility index (Phi) is 11.3. The first-order valence-corrected chi connectivity index (χ1v) is 33.7. The minimum atomic E-state index is -5.71. The van der Waals surface area contributed by atoms with Gasteiger partial charge in [-0.15, -0.1) is 0 Å². The molecule has 4 aromatic carbocycles. The predicted molar refractivity (Wildman–Crippen MR) is 201 cm³/mol. The summed E-state index contributed by atoms with van der Waals surface area (Å²) in [5, 5.41) is 0. The van der Waals surface area contributed by atoms with Crippen LogP contribution < -0.4 is 0 Å². The number of fused-ring (bicyclic) bond motifs is 2. The average Bonchev–Trinajstić information content (AvgIpc) is 3.68. The molecular weight excluding hydrogens is 911 g/mol. The standard InChI is InChI=1S/C19H13F6.C18H11F6.C4H11Si.2ClH.Zr/c1-2-11-6-12-4-3-5-16(17(12)7-11)13-8-14(18(20,21)22)10-15(9-13)19(23,24)25;1-10-5-11-3-2-4-15(16(11)6-10)12-7-13(17(19,20)21)9-14(8-12)18(22,23)24;1-3-5-4-2;;;/h3-10H,2H2,1H3;2-9H,1H3;5H,3-4H2,1-2H3;2*1H;/q;;;;;+2/p-2. The van der Waals surface area contributed by atoms with Crippen LogP contribution in [-0.4, -0.2) is 5.92 Å². The van der Waals surface area contributed by atoms with E-state index in [1.54, 1.807) is 43.3 Å². The molecule has 2 aliphatic carbocycles. The van der Waals surface area contributed by atoms with Crippen LogP contribution in [0.2, 0.25) is 12.1 Å². The molecule has 2 atom stereocenters. The number of halogens is 14. The molecule has 0 N–H and O–H groups in total. The van der Waals surface area contributed by atoms with Crippen LogP contribution in [0.3, 0.4) is 0 Å². The summed E-state index contributed by atoms with van der Waals surface area (Å²) in [6.07, 6.45) is -16.5. The third-order valence-electron chi connectivity index (χ3n) is 11.5. The average molecular weight is 946 g/mol. The molecule has 0 heterocycles. The zero-order valence-corrected chi connectivity index (χ0v) is 35.9. The molecule has 2 aliphatic rings. The summed E-state index contributed by atoms with van der Waals surface area (Å²) in [5.74, 6) is -2.29. The van der Waals surface area contributed by atoms with Gasteiger partial charge in [-0.1, -0.05) is 0 Å². The second-order valence-electron chi connectivity index (χ2n) is 14.8. The van der Waals surface area contributed by atoms with Gasteiger partial charge in [0.2, 0.25) is 0 Å². The summed E-state index contributed by atoms with van der Waals surface area (Å²) in [5.41, 5.74) is -2.92.